The van der Waals surface area contributed by atoms with Crippen LogP contribution in [0.25, 0.3) is 11.1 Å². The largest absolute Gasteiger partial charge is 0.444 e. The highest BCUT2D eigenvalue weighted by Crippen LogP contribution is 2.25. The highest BCUT2D eigenvalue weighted by molar-refractivity contribution is 5.90. The lowest BCUT2D eigenvalue weighted by atomic mass is 10.1. The van der Waals surface area contributed by atoms with Gasteiger partial charge in [0.25, 0.3) is 0 Å². The smallest absolute Gasteiger partial charge is 0.414 e. The monoisotopic (exact) mass is 481 g/mol. The van der Waals surface area contributed by atoms with E-state index in [1.165, 1.54) is 6.07 Å². The summed E-state index contributed by atoms with van der Waals surface area (Å²) in [5.41, 5.74) is 7.91. The van der Waals surface area contributed by atoms with Crippen molar-refractivity contribution in [3.05, 3.63) is 59.9 Å². The Morgan fingerprint density at radius 2 is 2.00 bits per heavy atom. The average Bonchev–Trinajstić information content (AvgIpc) is 3.37. The summed E-state index contributed by atoms with van der Waals surface area (Å²) in [5.74, 6) is -0.556. The van der Waals surface area contributed by atoms with Crippen molar-refractivity contribution in [3.8, 4) is 11.1 Å². The molecule has 1 saturated heterocycles. The van der Waals surface area contributed by atoms with Crippen LogP contribution in [0.1, 0.15) is 24.0 Å². The zero-order chi connectivity index (χ0) is 24.6. The number of rotatable bonds is 7. The number of carbonyl (C=O) groups excluding carboxylic acids is 1. The van der Waals surface area contributed by atoms with E-state index in [0.717, 1.165) is 24.1 Å². The van der Waals surface area contributed by atoms with E-state index in [9.17, 15) is 9.18 Å². The number of guanidine groups is 1. The highest BCUT2D eigenvalue weighted by Gasteiger charge is 2.19. The number of amides is 1. The first kappa shape index (κ1) is 23.6. The summed E-state index contributed by atoms with van der Waals surface area (Å²) in [7, 11) is 0. The van der Waals surface area contributed by atoms with Crippen LogP contribution >= 0.6 is 0 Å². The summed E-state index contributed by atoms with van der Waals surface area (Å²) >= 11 is 0. The fraction of sp³-hybridized carbons (Fsp3) is 0.273. The van der Waals surface area contributed by atoms with Crippen molar-refractivity contribution in [2.75, 3.05) is 18.0 Å². The van der Waals surface area contributed by atoms with E-state index in [2.05, 4.69) is 25.3 Å². The molecule has 0 spiro atoms. The lowest BCUT2D eigenvalue weighted by Gasteiger charge is -2.27. The number of hydrogen-bond acceptors (Lipinski definition) is 9. The number of nitrogens with one attached hydrogen (secondary N) is 3. The first-order chi connectivity index (χ1) is 17.0. The minimum atomic E-state index is -0.936. The lowest BCUT2D eigenvalue weighted by molar-refractivity contribution is 0.129. The second-order valence-corrected chi connectivity index (χ2v) is 7.69. The Hall–Kier alpha value is -4.55. The van der Waals surface area contributed by atoms with E-state index in [0.29, 0.717) is 31.2 Å². The summed E-state index contributed by atoms with van der Waals surface area (Å²) in [6, 6.07) is 4.74. The number of ether oxygens (including phenoxy) is 1. The van der Waals surface area contributed by atoms with Crippen LogP contribution in [0.4, 0.5) is 15.1 Å². The number of hydrogen-bond donors (Lipinski definition) is 4. The maximum Gasteiger partial charge on any atom is 0.414 e. The molecule has 3 aromatic rings. The van der Waals surface area contributed by atoms with E-state index >= 15 is 0 Å². The molecule has 0 saturated carbocycles. The Morgan fingerprint density at radius 1 is 1.23 bits per heavy atom. The maximum absolute atomic E-state index is 15.0. The number of benzene rings is 1. The van der Waals surface area contributed by atoms with Gasteiger partial charge in [0.1, 0.15) is 19.0 Å². The molecule has 0 radical (unpaired) electrons. The molecule has 0 atom stereocenters. The number of oxime groups is 1. The van der Waals surface area contributed by atoms with Gasteiger partial charge in [0.2, 0.25) is 5.95 Å². The standard InChI is InChI=1S/C22H24FN9O3/c23-19-15(13-34-22(33)30-20(24)25)2-1-3-18(19)16-10-26-21(27-11-16)32-6-4-17(5-7-32)31-35-12-14-8-28-29-9-14/h1-3,8-11H,4-7,12-13H2,(H,28,29)(H4,24,25,30,33). The molecule has 12 nitrogen and oxygen atoms in total. The van der Waals surface area contributed by atoms with E-state index in [4.69, 9.17) is 20.7 Å². The molecule has 1 aromatic carbocycles. The number of halogens is 1. The Kier molecular flexibility index (Phi) is 7.45. The molecule has 3 heterocycles. The predicted molar refractivity (Wildman–Crippen MR) is 125 cm³/mol. The van der Waals surface area contributed by atoms with Gasteiger partial charge in [-0.05, 0) is 0 Å². The van der Waals surface area contributed by atoms with Crippen LogP contribution in [-0.2, 0) is 22.8 Å². The Bertz CT molecular complexity index is 1190. The van der Waals surface area contributed by atoms with Crippen molar-refractivity contribution in [1.29, 1.82) is 5.41 Å². The first-order valence-corrected chi connectivity index (χ1v) is 10.8. The summed E-state index contributed by atoms with van der Waals surface area (Å²) in [4.78, 5) is 27.7. The molecule has 2 aromatic heterocycles. The normalized spacial score (nSPS) is 13.3. The SMILES string of the molecule is N=C(N)NC(=O)OCc1cccc(-c2cnc(N3CCC(=NOCc4cn[nH]c4)CC3)nc2)c1F. The molecular weight excluding hydrogens is 457 g/mol. The number of alkyl carbamates (subject to hydrolysis) is 1. The van der Waals surface area contributed by atoms with Crippen LogP contribution in [0.3, 0.4) is 0 Å². The lowest BCUT2D eigenvalue weighted by Crippen LogP contribution is -2.36. The van der Waals surface area contributed by atoms with Crippen LogP contribution in [0, 0.1) is 11.2 Å². The summed E-state index contributed by atoms with van der Waals surface area (Å²) in [6.45, 7) is 1.43. The van der Waals surface area contributed by atoms with Gasteiger partial charge in [0.15, 0.2) is 5.96 Å². The fourth-order valence-corrected chi connectivity index (χ4v) is 3.44. The number of piperidine rings is 1. The summed E-state index contributed by atoms with van der Waals surface area (Å²) in [5, 5.41) is 19.8. The minimum absolute atomic E-state index is 0.170. The molecule has 182 valence electrons. The van der Waals surface area contributed by atoms with Gasteiger partial charge in [0, 0.05) is 66.8 Å². The first-order valence-electron chi connectivity index (χ1n) is 10.8. The fourth-order valence-electron chi connectivity index (χ4n) is 3.44. The third-order valence-corrected chi connectivity index (χ3v) is 5.23. The molecule has 35 heavy (non-hydrogen) atoms. The van der Waals surface area contributed by atoms with Gasteiger partial charge < -0.3 is 20.2 Å². The molecule has 13 heteroatoms. The molecular formula is C22H24FN9O3. The molecule has 1 amide bonds. The van der Waals surface area contributed by atoms with Crippen molar-refractivity contribution in [2.45, 2.75) is 26.1 Å². The quantitative estimate of drug-likeness (QED) is 0.226. The van der Waals surface area contributed by atoms with Gasteiger partial charge in [-0.2, -0.15) is 5.10 Å². The van der Waals surface area contributed by atoms with Crippen molar-refractivity contribution in [2.24, 2.45) is 10.9 Å². The van der Waals surface area contributed by atoms with Crippen molar-refractivity contribution in [3.63, 3.8) is 0 Å². The molecule has 1 aliphatic heterocycles. The molecule has 5 N–H and O–H groups in total. The maximum atomic E-state index is 15.0. The second-order valence-electron chi connectivity index (χ2n) is 7.69. The molecule has 4 rings (SSSR count). The van der Waals surface area contributed by atoms with E-state index in [1.807, 2.05) is 10.2 Å². The third kappa shape index (κ3) is 6.28. The third-order valence-electron chi connectivity index (χ3n) is 5.23. The topological polar surface area (TPSA) is 167 Å². The molecule has 1 fully saturated rings. The van der Waals surface area contributed by atoms with Crippen LogP contribution in [0.5, 0.6) is 0 Å². The molecule has 0 unspecified atom stereocenters. The van der Waals surface area contributed by atoms with Gasteiger partial charge in [-0.3, -0.25) is 15.8 Å². The molecule has 0 aliphatic carbocycles. The minimum Gasteiger partial charge on any atom is -0.444 e. The van der Waals surface area contributed by atoms with Crippen molar-refractivity contribution < 1.29 is 18.8 Å². The van der Waals surface area contributed by atoms with Crippen LogP contribution in [0.15, 0.2) is 48.1 Å². The van der Waals surface area contributed by atoms with Gasteiger partial charge >= 0.3 is 6.09 Å². The number of aromatic amines is 1. The van der Waals surface area contributed by atoms with E-state index in [1.54, 1.807) is 36.9 Å². The molecule has 0 bridgehead atoms. The Balaban J connectivity index is 1.33. The zero-order valence-electron chi connectivity index (χ0n) is 18.7. The zero-order valence-corrected chi connectivity index (χ0v) is 18.7. The summed E-state index contributed by atoms with van der Waals surface area (Å²) in [6.07, 6.45) is 7.09. The van der Waals surface area contributed by atoms with Crippen LogP contribution < -0.4 is 16.0 Å². The van der Waals surface area contributed by atoms with Gasteiger partial charge in [-0.15, -0.1) is 0 Å². The molecule has 1 aliphatic rings. The van der Waals surface area contributed by atoms with E-state index < -0.39 is 17.9 Å². The van der Waals surface area contributed by atoms with Gasteiger partial charge in [-0.25, -0.2) is 19.2 Å². The van der Waals surface area contributed by atoms with Crippen LogP contribution in [0.2, 0.25) is 0 Å². The number of anilines is 1. The number of aromatic nitrogens is 4. The van der Waals surface area contributed by atoms with Crippen molar-refractivity contribution >= 4 is 23.7 Å². The Labute approximate surface area is 199 Å². The van der Waals surface area contributed by atoms with Crippen molar-refractivity contribution in [1.82, 2.24) is 25.5 Å². The van der Waals surface area contributed by atoms with Gasteiger partial charge in [-0.1, -0.05) is 23.4 Å². The van der Waals surface area contributed by atoms with Crippen LogP contribution in [-0.4, -0.2) is 51.0 Å². The predicted octanol–water partition coefficient (Wildman–Crippen LogP) is 2.30. The van der Waals surface area contributed by atoms with Gasteiger partial charge in [0.05, 0.1) is 11.9 Å². The second kappa shape index (κ2) is 11.0. The highest BCUT2D eigenvalue weighted by atomic mass is 19.1. The average molecular weight is 481 g/mol. The Morgan fingerprint density at radius 3 is 2.69 bits per heavy atom. The number of H-pyrrole nitrogens is 1. The number of carbonyl (C=O) groups is 1. The summed E-state index contributed by atoms with van der Waals surface area (Å²) < 4.78 is 19.9. The van der Waals surface area contributed by atoms with E-state index in [-0.39, 0.29) is 17.7 Å². The number of nitrogens with two attached hydrogens (primary N) is 1. The number of nitrogens with zero attached hydrogens (tertiary/aromatic N) is 5.